The molecule has 0 radical (unpaired) electrons. The number of likely N-dealkylation sites (tertiary alicyclic amines) is 1. The van der Waals surface area contributed by atoms with Gasteiger partial charge < -0.3 is 4.74 Å². The Labute approximate surface area is 171 Å². The third-order valence-electron chi connectivity index (χ3n) is 4.90. The van der Waals surface area contributed by atoms with Gasteiger partial charge in [0.25, 0.3) is 0 Å². The van der Waals surface area contributed by atoms with E-state index in [2.05, 4.69) is 77.0 Å². The van der Waals surface area contributed by atoms with Crippen molar-refractivity contribution in [1.29, 1.82) is 0 Å². The van der Waals surface area contributed by atoms with E-state index in [0.29, 0.717) is 6.04 Å². The number of pyridine rings is 1. The Morgan fingerprint density at radius 2 is 1.96 bits per heavy atom. The Balaban J connectivity index is 1.29. The highest BCUT2D eigenvalue weighted by atomic mass is 32.2. The molecule has 4 nitrogen and oxygen atoms in total. The van der Waals surface area contributed by atoms with Crippen LogP contribution in [0.2, 0.25) is 0 Å². The molecule has 0 amide bonds. The first-order valence-corrected chi connectivity index (χ1v) is 10.7. The van der Waals surface area contributed by atoms with Crippen molar-refractivity contribution in [3.8, 4) is 5.75 Å². The zero-order valence-electron chi connectivity index (χ0n) is 16.5. The summed E-state index contributed by atoms with van der Waals surface area (Å²) < 4.78 is 9.38. The molecule has 1 atom stereocenters. The fraction of sp³-hybridized carbons (Fsp3) is 0.348. The highest BCUT2D eigenvalue weighted by Crippen LogP contribution is 2.26. The van der Waals surface area contributed by atoms with Gasteiger partial charge in [-0.1, -0.05) is 30.3 Å². The lowest BCUT2D eigenvalue weighted by molar-refractivity contribution is 0.242. The Kier molecular flexibility index (Phi) is 6.15. The molecule has 1 N–H and O–H groups in total. The van der Waals surface area contributed by atoms with Gasteiger partial charge in [0.15, 0.2) is 0 Å². The van der Waals surface area contributed by atoms with Crippen molar-refractivity contribution in [3.63, 3.8) is 0 Å². The zero-order valence-corrected chi connectivity index (χ0v) is 17.3. The van der Waals surface area contributed by atoms with Gasteiger partial charge in [-0.3, -0.25) is 14.6 Å². The van der Waals surface area contributed by atoms with Crippen LogP contribution in [0.15, 0.2) is 65.7 Å². The number of aromatic nitrogens is 1. The molecule has 1 saturated heterocycles. The largest absolute Gasteiger partial charge is 0.491 e. The van der Waals surface area contributed by atoms with E-state index in [1.54, 1.807) is 11.9 Å². The summed E-state index contributed by atoms with van der Waals surface area (Å²) in [5.41, 5.74) is 2.41. The van der Waals surface area contributed by atoms with Crippen LogP contribution in [0.5, 0.6) is 5.75 Å². The van der Waals surface area contributed by atoms with Crippen LogP contribution < -0.4 is 9.46 Å². The molecule has 4 rings (SSSR count). The smallest absolute Gasteiger partial charge is 0.119 e. The van der Waals surface area contributed by atoms with Crippen LogP contribution in [0.25, 0.3) is 10.9 Å². The van der Waals surface area contributed by atoms with Crippen molar-refractivity contribution < 1.29 is 4.74 Å². The maximum Gasteiger partial charge on any atom is 0.119 e. The predicted octanol–water partition coefficient (Wildman–Crippen LogP) is 4.89. The van der Waals surface area contributed by atoms with E-state index in [9.17, 15) is 0 Å². The summed E-state index contributed by atoms with van der Waals surface area (Å²) in [7, 11) is 0. The molecule has 28 heavy (non-hydrogen) atoms. The molecule has 1 unspecified atom stereocenters. The lowest BCUT2D eigenvalue weighted by atomic mass is 10.2. The van der Waals surface area contributed by atoms with Crippen LogP contribution >= 0.6 is 11.9 Å². The summed E-state index contributed by atoms with van der Waals surface area (Å²) in [6, 6.07) is 19.4. The summed E-state index contributed by atoms with van der Waals surface area (Å²) in [5.74, 6) is 0.944. The minimum absolute atomic E-state index is 0.214. The zero-order chi connectivity index (χ0) is 19.3. The van der Waals surface area contributed by atoms with E-state index in [1.807, 2.05) is 12.3 Å². The number of nitrogens with zero attached hydrogens (tertiary/aromatic N) is 2. The molecular weight excluding hydrogens is 366 g/mol. The molecule has 0 aliphatic carbocycles. The molecule has 1 fully saturated rings. The number of benzene rings is 2. The lowest BCUT2D eigenvalue weighted by Crippen LogP contribution is -2.28. The number of ether oxygens (including phenoxy) is 1. The molecule has 1 aromatic heterocycles. The fourth-order valence-electron chi connectivity index (χ4n) is 3.58. The van der Waals surface area contributed by atoms with Crippen LogP contribution in [-0.2, 0) is 6.54 Å². The van der Waals surface area contributed by atoms with Gasteiger partial charge in [0.2, 0.25) is 0 Å². The highest BCUT2D eigenvalue weighted by Gasteiger charge is 2.22. The van der Waals surface area contributed by atoms with E-state index in [4.69, 9.17) is 4.74 Å². The minimum atomic E-state index is 0.214. The number of rotatable bonds is 7. The van der Waals surface area contributed by atoms with Gasteiger partial charge in [-0.15, -0.1) is 0 Å². The molecular formula is C23H27N3OS. The van der Waals surface area contributed by atoms with Gasteiger partial charge in [0.1, 0.15) is 5.75 Å². The number of fused-ring (bicyclic) bond motifs is 1. The third kappa shape index (κ3) is 4.85. The van der Waals surface area contributed by atoms with Crippen molar-refractivity contribution in [3.05, 3.63) is 66.4 Å². The Morgan fingerprint density at radius 1 is 1.14 bits per heavy atom. The number of para-hydroxylation sites is 1. The quantitative estimate of drug-likeness (QED) is 0.578. The maximum absolute atomic E-state index is 5.73. The molecule has 1 aliphatic heterocycles. The van der Waals surface area contributed by atoms with Crippen LogP contribution in [-0.4, -0.2) is 35.1 Å². The minimum Gasteiger partial charge on any atom is -0.491 e. The second-order valence-corrected chi connectivity index (χ2v) is 8.46. The monoisotopic (exact) mass is 393 g/mol. The molecule has 2 aromatic carbocycles. The normalized spacial score (nSPS) is 17.5. The molecule has 146 valence electrons. The van der Waals surface area contributed by atoms with Crippen molar-refractivity contribution in [2.24, 2.45) is 0 Å². The summed E-state index contributed by atoms with van der Waals surface area (Å²) in [6.07, 6.45) is 3.24. The maximum atomic E-state index is 5.73. The number of nitrogens with one attached hydrogen (secondary N) is 1. The first-order valence-electron chi connectivity index (χ1n) is 9.91. The second-order valence-electron chi connectivity index (χ2n) is 7.58. The number of hydrogen-bond acceptors (Lipinski definition) is 5. The van der Waals surface area contributed by atoms with Crippen LogP contribution in [0.4, 0.5) is 0 Å². The molecule has 5 heteroatoms. The van der Waals surface area contributed by atoms with Crippen LogP contribution in [0.3, 0.4) is 0 Å². The van der Waals surface area contributed by atoms with Crippen molar-refractivity contribution >= 4 is 22.9 Å². The van der Waals surface area contributed by atoms with E-state index in [1.165, 1.54) is 22.3 Å². The molecule has 0 spiro atoms. The van der Waals surface area contributed by atoms with Crippen molar-refractivity contribution in [2.75, 3.05) is 13.1 Å². The number of hydrogen-bond donors (Lipinski definition) is 1. The standard InChI is InChI=1S/C23H27N3OS/c1-17(2)27-21-10-8-18(9-11-21)15-26-14-12-20(16-26)25-28-22-7-3-5-19-6-4-13-24-23(19)22/h3-11,13,17,20,25H,12,14-16H2,1-2H3. The van der Waals surface area contributed by atoms with Crippen LogP contribution in [0, 0.1) is 0 Å². The Morgan fingerprint density at radius 3 is 2.79 bits per heavy atom. The first-order chi connectivity index (χ1) is 13.7. The molecule has 1 aliphatic rings. The average Bonchev–Trinajstić information content (AvgIpc) is 3.15. The van der Waals surface area contributed by atoms with E-state index in [-0.39, 0.29) is 6.10 Å². The Hall–Kier alpha value is -2.08. The predicted molar refractivity (Wildman–Crippen MR) is 117 cm³/mol. The van der Waals surface area contributed by atoms with Gasteiger partial charge in [0, 0.05) is 42.2 Å². The van der Waals surface area contributed by atoms with Gasteiger partial charge in [0.05, 0.1) is 11.6 Å². The highest BCUT2D eigenvalue weighted by molar-refractivity contribution is 7.97. The van der Waals surface area contributed by atoms with E-state index in [0.717, 1.165) is 30.9 Å². The Bertz CT molecular complexity index is 908. The van der Waals surface area contributed by atoms with Crippen molar-refractivity contribution in [1.82, 2.24) is 14.6 Å². The van der Waals surface area contributed by atoms with Crippen LogP contribution in [0.1, 0.15) is 25.8 Å². The van der Waals surface area contributed by atoms with Gasteiger partial charge in [-0.25, -0.2) is 0 Å². The molecule has 2 heterocycles. The fourth-order valence-corrected chi connectivity index (χ4v) is 4.48. The SMILES string of the molecule is CC(C)Oc1ccc(CN2CCC(NSc3cccc4cccnc34)C2)cc1. The van der Waals surface area contributed by atoms with Gasteiger partial charge >= 0.3 is 0 Å². The van der Waals surface area contributed by atoms with E-state index >= 15 is 0 Å². The average molecular weight is 394 g/mol. The first kappa shape index (κ1) is 19.2. The molecule has 0 bridgehead atoms. The second kappa shape index (κ2) is 8.95. The van der Waals surface area contributed by atoms with E-state index < -0.39 is 0 Å². The van der Waals surface area contributed by atoms with Gasteiger partial charge in [-0.2, -0.15) is 0 Å². The molecule has 3 aromatic rings. The lowest BCUT2D eigenvalue weighted by Gasteiger charge is -2.17. The summed E-state index contributed by atoms with van der Waals surface area (Å²) in [4.78, 5) is 8.24. The third-order valence-corrected chi connectivity index (χ3v) is 5.91. The van der Waals surface area contributed by atoms with Gasteiger partial charge in [-0.05, 0) is 62.0 Å². The summed E-state index contributed by atoms with van der Waals surface area (Å²) >= 11 is 1.71. The molecule has 0 saturated carbocycles. The summed E-state index contributed by atoms with van der Waals surface area (Å²) in [5, 5.41) is 1.19. The summed E-state index contributed by atoms with van der Waals surface area (Å²) in [6.45, 7) is 7.28. The van der Waals surface area contributed by atoms with Crippen molar-refractivity contribution in [2.45, 2.75) is 43.9 Å². The topological polar surface area (TPSA) is 37.4 Å².